The van der Waals surface area contributed by atoms with Gasteiger partial charge in [-0.1, -0.05) is 20.8 Å². The zero-order chi connectivity index (χ0) is 14.0. The second kappa shape index (κ2) is 5.17. The zero-order valence-corrected chi connectivity index (χ0v) is 12.7. The molecule has 2 N–H and O–H groups in total. The maximum absolute atomic E-state index is 6.03. The van der Waals surface area contributed by atoms with E-state index in [0.717, 1.165) is 22.7 Å². The van der Waals surface area contributed by atoms with Gasteiger partial charge in [-0.2, -0.15) is 4.37 Å². The van der Waals surface area contributed by atoms with Gasteiger partial charge in [-0.05, 0) is 34.6 Å². The zero-order valence-electron chi connectivity index (χ0n) is 11.8. The first kappa shape index (κ1) is 13.8. The van der Waals surface area contributed by atoms with Gasteiger partial charge in [-0.3, -0.25) is 4.98 Å². The van der Waals surface area contributed by atoms with Crippen molar-refractivity contribution < 1.29 is 0 Å². The summed E-state index contributed by atoms with van der Waals surface area (Å²) in [6.45, 7) is 7.62. The van der Waals surface area contributed by atoms with E-state index in [1.54, 1.807) is 12.4 Å². The van der Waals surface area contributed by atoms with E-state index in [9.17, 15) is 0 Å². The Balaban J connectivity index is 2.38. The Labute approximate surface area is 118 Å². The van der Waals surface area contributed by atoms with Gasteiger partial charge in [0.15, 0.2) is 0 Å². The van der Waals surface area contributed by atoms with E-state index in [1.807, 2.05) is 12.1 Å². The maximum atomic E-state index is 6.03. The van der Waals surface area contributed by atoms with Crippen LogP contribution in [-0.2, 0) is 0 Å². The van der Waals surface area contributed by atoms with Crippen molar-refractivity contribution >= 4 is 22.4 Å². The van der Waals surface area contributed by atoms with E-state index < -0.39 is 0 Å². The van der Waals surface area contributed by atoms with Gasteiger partial charge in [0.2, 0.25) is 0 Å². The first-order valence-corrected chi connectivity index (χ1v) is 7.02. The van der Waals surface area contributed by atoms with Gasteiger partial charge in [0, 0.05) is 26.0 Å². The van der Waals surface area contributed by atoms with Crippen LogP contribution in [0.5, 0.6) is 0 Å². The molecule has 2 heterocycles. The van der Waals surface area contributed by atoms with Gasteiger partial charge in [-0.25, -0.2) is 0 Å². The van der Waals surface area contributed by atoms with Gasteiger partial charge in [0.25, 0.3) is 0 Å². The molecular formula is C14H20N4S. The Morgan fingerprint density at radius 1 is 1.26 bits per heavy atom. The van der Waals surface area contributed by atoms with Crippen molar-refractivity contribution in [1.82, 2.24) is 9.36 Å². The first-order valence-electron chi connectivity index (χ1n) is 6.25. The molecule has 0 aliphatic rings. The summed E-state index contributed by atoms with van der Waals surface area (Å²) in [5.74, 6) is 0.590. The fourth-order valence-corrected chi connectivity index (χ4v) is 2.92. The molecule has 0 aliphatic carbocycles. The molecule has 0 amide bonds. The Morgan fingerprint density at radius 3 is 2.47 bits per heavy atom. The standard InChI is InChI=1S/C14H20N4S/c1-14(2,3)9-18(4)13-11(12(15)17-19-13)10-5-7-16-8-6-10/h5-8H,9H2,1-4H3,(H2,15,17). The number of nitrogen functional groups attached to an aromatic ring is 1. The van der Waals surface area contributed by atoms with Crippen molar-refractivity contribution in [3.05, 3.63) is 24.5 Å². The van der Waals surface area contributed by atoms with Crippen LogP contribution in [-0.4, -0.2) is 22.9 Å². The number of anilines is 2. The molecule has 102 valence electrons. The number of nitrogens with two attached hydrogens (primary N) is 1. The molecule has 0 fully saturated rings. The fraction of sp³-hybridized carbons (Fsp3) is 0.429. The number of rotatable bonds is 3. The number of nitrogens with zero attached hydrogens (tertiary/aromatic N) is 3. The van der Waals surface area contributed by atoms with Gasteiger partial charge in [-0.15, -0.1) is 0 Å². The Hall–Kier alpha value is -1.62. The van der Waals surface area contributed by atoms with Crippen molar-refractivity contribution in [2.75, 3.05) is 24.2 Å². The third kappa shape index (κ3) is 3.23. The summed E-state index contributed by atoms with van der Waals surface area (Å²) in [5.41, 5.74) is 8.33. The topological polar surface area (TPSA) is 55.0 Å². The van der Waals surface area contributed by atoms with Gasteiger partial charge >= 0.3 is 0 Å². The minimum absolute atomic E-state index is 0.225. The van der Waals surface area contributed by atoms with Crippen LogP contribution < -0.4 is 10.6 Å². The summed E-state index contributed by atoms with van der Waals surface area (Å²) in [6.07, 6.45) is 3.56. The summed E-state index contributed by atoms with van der Waals surface area (Å²) in [6, 6.07) is 3.93. The molecule has 4 nitrogen and oxygen atoms in total. The molecule has 2 aromatic rings. The molecule has 0 aromatic carbocycles. The lowest BCUT2D eigenvalue weighted by atomic mass is 9.96. The molecule has 0 radical (unpaired) electrons. The van der Waals surface area contributed by atoms with Crippen molar-refractivity contribution in [3.8, 4) is 11.1 Å². The largest absolute Gasteiger partial charge is 0.382 e. The van der Waals surface area contributed by atoms with Gasteiger partial charge in [0.05, 0.1) is 5.56 Å². The lowest BCUT2D eigenvalue weighted by molar-refractivity contribution is 0.420. The van der Waals surface area contributed by atoms with Crippen molar-refractivity contribution in [2.45, 2.75) is 20.8 Å². The molecule has 0 spiro atoms. The summed E-state index contributed by atoms with van der Waals surface area (Å²) in [5, 5.41) is 1.11. The average molecular weight is 276 g/mol. The highest BCUT2D eigenvalue weighted by molar-refractivity contribution is 7.11. The predicted molar refractivity (Wildman–Crippen MR) is 82.5 cm³/mol. The molecule has 0 saturated heterocycles. The molecule has 0 saturated carbocycles. The maximum Gasteiger partial charge on any atom is 0.147 e. The number of hydrogen-bond acceptors (Lipinski definition) is 5. The number of hydrogen-bond donors (Lipinski definition) is 1. The highest BCUT2D eigenvalue weighted by atomic mass is 32.1. The highest BCUT2D eigenvalue weighted by Crippen LogP contribution is 2.39. The van der Waals surface area contributed by atoms with Crippen molar-refractivity contribution in [1.29, 1.82) is 0 Å². The number of pyridine rings is 1. The van der Waals surface area contributed by atoms with Crippen LogP contribution in [0.15, 0.2) is 24.5 Å². The normalized spacial score (nSPS) is 11.6. The molecule has 2 rings (SSSR count). The van der Waals surface area contributed by atoms with E-state index in [4.69, 9.17) is 5.73 Å². The minimum atomic E-state index is 0.225. The molecule has 0 aliphatic heterocycles. The second-order valence-corrected chi connectivity index (χ2v) is 6.65. The van der Waals surface area contributed by atoms with E-state index >= 15 is 0 Å². The van der Waals surface area contributed by atoms with Gasteiger partial charge < -0.3 is 10.6 Å². The monoisotopic (exact) mass is 276 g/mol. The first-order chi connectivity index (χ1) is 8.88. The second-order valence-electron chi connectivity index (χ2n) is 5.90. The van der Waals surface area contributed by atoms with Crippen LogP contribution in [0.4, 0.5) is 10.8 Å². The van der Waals surface area contributed by atoms with Crippen LogP contribution in [0, 0.1) is 5.41 Å². The molecule has 0 atom stereocenters. The average Bonchev–Trinajstić information content (AvgIpc) is 2.70. The lowest BCUT2D eigenvalue weighted by Gasteiger charge is -2.27. The quantitative estimate of drug-likeness (QED) is 0.934. The van der Waals surface area contributed by atoms with Crippen molar-refractivity contribution in [2.24, 2.45) is 5.41 Å². The van der Waals surface area contributed by atoms with Crippen LogP contribution >= 0.6 is 11.5 Å². The number of aromatic nitrogens is 2. The Bertz CT molecular complexity index is 542. The summed E-state index contributed by atoms with van der Waals surface area (Å²) < 4.78 is 4.30. The van der Waals surface area contributed by atoms with Crippen LogP contribution in [0.25, 0.3) is 11.1 Å². The molecular weight excluding hydrogens is 256 g/mol. The molecule has 0 unspecified atom stereocenters. The summed E-state index contributed by atoms with van der Waals surface area (Å²) >= 11 is 1.45. The van der Waals surface area contributed by atoms with E-state index in [2.05, 4.69) is 42.1 Å². The third-order valence-electron chi connectivity index (χ3n) is 2.73. The lowest BCUT2D eigenvalue weighted by Crippen LogP contribution is -2.28. The third-order valence-corrected chi connectivity index (χ3v) is 3.70. The van der Waals surface area contributed by atoms with Crippen LogP contribution in [0.2, 0.25) is 0 Å². The Morgan fingerprint density at radius 2 is 1.89 bits per heavy atom. The van der Waals surface area contributed by atoms with E-state index in [0.29, 0.717) is 5.82 Å². The van der Waals surface area contributed by atoms with Crippen LogP contribution in [0.3, 0.4) is 0 Å². The minimum Gasteiger partial charge on any atom is -0.382 e. The van der Waals surface area contributed by atoms with Crippen LogP contribution in [0.1, 0.15) is 20.8 Å². The van der Waals surface area contributed by atoms with E-state index in [-0.39, 0.29) is 5.41 Å². The summed E-state index contributed by atoms with van der Waals surface area (Å²) in [4.78, 5) is 6.27. The van der Waals surface area contributed by atoms with E-state index in [1.165, 1.54) is 11.5 Å². The molecule has 2 aromatic heterocycles. The molecule has 0 bridgehead atoms. The smallest absolute Gasteiger partial charge is 0.147 e. The molecule has 5 heteroatoms. The highest BCUT2D eigenvalue weighted by Gasteiger charge is 2.20. The SMILES string of the molecule is CN(CC(C)(C)C)c1snc(N)c1-c1ccncc1. The van der Waals surface area contributed by atoms with Crippen molar-refractivity contribution in [3.63, 3.8) is 0 Å². The fourth-order valence-electron chi connectivity index (χ4n) is 2.13. The van der Waals surface area contributed by atoms with Gasteiger partial charge in [0.1, 0.15) is 10.8 Å². The predicted octanol–water partition coefficient (Wildman–Crippen LogP) is 3.27. The summed E-state index contributed by atoms with van der Waals surface area (Å²) in [7, 11) is 2.09. The molecule has 19 heavy (non-hydrogen) atoms. The Kier molecular flexibility index (Phi) is 3.75.